The normalized spacial score (nSPS) is 14.6. The molecule has 0 atom stereocenters. The number of morpholine rings is 1. The van der Waals surface area contributed by atoms with Gasteiger partial charge in [-0.05, 0) is 23.3 Å². The summed E-state index contributed by atoms with van der Waals surface area (Å²) in [6, 6.07) is 12.4. The van der Waals surface area contributed by atoms with E-state index in [1.54, 1.807) is 23.1 Å². The Morgan fingerprint density at radius 1 is 1.06 bits per heavy atom. The summed E-state index contributed by atoms with van der Waals surface area (Å²) in [6.45, 7) is 2.63. The number of hydrogen-bond acceptors (Lipinski definition) is 5. The zero-order valence-corrected chi connectivity index (χ0v) is 19.0. The van der Waals surface area contributed by atoms with Crippen molar-refractivity contribution < 1.29 is 27.1 Å². The van der Waals surface area contributed by atoms with Crippen molar-refractivity contribution in [2.75, 3.05) is 26.3 Å². The summed E-state index contributed by atoms with van der Waals surface area (Å²) in [5.41, 5.74) is 0.774. The standard InChI is InChI=1S/C24H23ClF3N3O3/c25-20-7-2-1-5-18(20)14-30(13-17-4-3-6-19(12-17)24(26,27)28)15-22-29-21(16-34-22)23(32)31-8-10-33-11-9-31/h1-7,12,16H,8-11,13-15H2. The maximum atomic E-state index is 13.2. The van der Waals surface area contributed by atoms with Crippen LogP contribution in [0.3, 0.4) is 0 Å². The third-order valence-electron chi connectivity index (χ3n) is 5.44. The Morgan fingerprint density at radius 3 is 2.56 bits per heavy atom. The molecule has 1 aliphatic rings. The Hall–Kier alpha value is -2.88. The van der Waals surface area contributed by atoms with E-state index in [1.807, 2.05) is 17.0 Å². The number of nitrogens with zero attached hydrogens (tertiary/aromatic N) is 3. The first kappa shape index (κ1) is 24.3. The minimum atomic E-state index is -4.43. The lowest BCUT2D eigenvalue weighted by Gasteiger charge is -2.25. The van der Waals surface area contributed by atoms with Gasteiger partial charge in [0.15, 0.2) is 5.69 Å². The number of amides is 1. The lowest BCUT2D eigenvalue weighted by Crippen LogP contribution is -2.40. The molecule has 0 spiro atoms. The van der Waals surface area contributed by atoms with Crippen molar-refractivity contribution in [2.45, 2.75) is 25.8 Å². The molecule has 2 aromatic carbocycles. The predicted molar refractivity (Wildman–Crippen MR) is 119 cm³/mol. The van der Waals surface area contributed by atoms with Crippen molar-refractivity contribution in [2.24, 2.45) is 0 Å². The third-order valence-corrected chi connectivity index (χ3v) is 5.81. The molecule has 1 fully saturated rings. The van der Waals surface area contributed by atoms with Gasteiger partial charge < -0.3 is 14.1 Å². The van der Waals surface area contributed by atoms with Crippen LogP contribution in [-0.4, -0.2) is 47.0 Å². The van der Waals surface area contributed by atoms with Crippen molar-refractivity contribution in [1.29, 1.82) is 0 Å². The lowest BCUT2D eigenvalue weighted by atomic mass is 10.1. The predicted octanol–water partition coefficient (Wildman–Crippen LogP) is 5.02. The van der Waals surface area contributed by atoms with Crippen molar-refractivity contribution in [3.05, 3.63) is 88.1 Å². The second kappa shape index (κ2) is 10.6. The number of carbonyl (C=O) groups is 1. The van der Waals surface area contributed by atoms with Gasteiger partial charge in [-0.25, -0.2) is 4.98 Å². The molecular weight excluding hydrogens is 471 g/mol. The quantitative estimate of drug-likeness (QED) is 0.462. The molecule has 4 rings (SSSR count). The van der Waals surface area contributed by atoms with E-state index in [2.05, 4.69) is 4.98 Å². The van der Waals surface area contributed by atoms with E-state index in [9.17, 15) is 18.0 Å². The van der Waals surface area contributed by atoms with Crippen molar-refractivity contribution in [3.63, 3.8) is 0 Å². The van der Waals surface area contributed by atoms with E-state index in [1.165, 1.54) is 12.3 Å². The smallest absolute Gasteiger partial charge is 0.416 e. The molecule has 0 saturated carbocycles. The molecule has 2 heterocycles. The van der Waals surface area contributed by atoms with Gasteiger partial charge in [-0.2, -0.15) is 13.2 Å². The van der Waals surface area contributed by atoms with Gasteiger partial charge in [0.1, 0.15) is 6.26 Å². The fourth-order valence-corrected chi connectivity index (χ4v) is 3.94. The molecule has 10 heteroatoms. The van der Waals surface area contributed by atoms with Crippen molar-refractivity contribution >= 4 is 17.5 Å². The van der Waals surface area contributed by atoms with Gasteiger partial charge >= 0.3 is 6.18 Å². The average molecular weight is 494 g/mol. The zero-order valence-electron chi connectivity index (χ0n) is 18.2. The summed E-state index contributed by atoms with van der Waals surface area (Å²) in [4.78, 5) is 20.5. The van der Waals surface area contributed by atoms with Crippen LogP contribution in [0.25, 0.3) is 0 Å². The molecule has 34 heavy (non-hydrogen) atoms. The Kier molecular flexibility index (Phi) is 7.55. The number of rotatable bonds is 7. The Morgan fingerprint density at radius 2 is 1.82 bits per heavy atom. The monoisotopic (exact) mass is 493 g/mol. The fraction of sp³-hybridized carbons (Fsp3) is 0.333. The average Bonchev–Trinajstić information content (AvgIpc) is 3.29. The van der Waals surface area contributed by atoms with Crippen molar-refractivity contribution in [3.8, 4) is 0 Å². The van der Waals surface area contributed by atoms with Crippen LogP contribution in [0.15, 0.2) is 59.2 Å². The molecule has 1 aromatic heterocycles. The molecular formula is C24H23ClF3N3O3. The highest BCUT2D eigenvalue weighted by Gasteiger charge is 2.30. The van der Waals surface area contributed by atoms with Crippen LogP contribution in [0.4, 0.5) is 13.2 Å². The van der Waals surface area contributed by atoms with Gasteiger partial charge in [0.25, 0.3) is 5.91 Å². The number of benzene rings is 2. The summed E-state index contributed by atoms with van der Waals surface area (Å²) < 4.78 is 50.4. The molecule has 3 aromatic rings. The van der Waals surface area contributed by atoms with Gasteiger partial charge in [-0.3, -0.25) is 9.69 Å². The number of ether oxygens (including phenoxy) is 1. The van der Waals surface area contributed by atoms with Gasteiger partial charge in [0.05, 0.1) is 25.3 Å². The second-order valence-electron chi connectivity index (χ2n) is 7.97. The first-order valence-corrected chi connectivity index (χ1v) is 11.1. The summed E-state index contributed by atoms with van der Waals surface area (Å²) in [5, 5.41) is 0.548. The molecule has 1 aliphatic heterocycles. The van der Waals surface area contributed by atoms with Crippen LogP contribution in [0, 0.1) is 0 Å². The van der Waals surface area contributed by atoms with Crippen LogP contribution in [0.5, 0.6) is 0 Å². The number of aromatic nitrogens is 1. The summed E-state index contributed by atoms with van der Waals surface area (Å²) in [6.07, 6.45) is -3.12. The zero-order chi connectivity index (χ0) is 24.1. The summed E-state index contributed by atoms with van der Waals surface area (Å²) >= 11 is 6.32. The van der Waals surface area contributed by atoms with E-state index < -0.39 is 11.7 Å². The van der Waals surface area contributed by atoms with Gasteiger partial charge in [-0.1, -0.05) is 48.0 Å². The van der Waals surface area contributed by atoms with Crippen molar-refractivity contribution in [1.82, 2.24) is 14.8 Å². The Balaban J connectivity index is 1.53. The molecule has 0 aliphatic carbocycles. The highest BCUT2D eigenvalue weighted by atomic mass is 35.5. The highest BCUT2D eigenvalue weighted by Crippen LogP contribution is 2.30. The Labute approximate surface area is 199 Å². The van der Waals surface area contributed by atoms with E-state index in [4.69, 9.17) is 20.8 Å². The first-order chi connectivity index (χ1) is 16.3. The van der Waals surface area contributed by atoms with E-state index >= 15 is 0 Å². The molecule has 1 saturated heterocycles. The minimum absolute atomic E-state index is 0.178. The van der Waals surface area contributed by atoms with E-state index in [0.29, 0.717) is 43.4 Å². The minimum Gasteiger partial charge on any atom is -0.447 e. The van der Waals surface area contributed by atoms with E-state index in [-0.39, 0.29) is 30.6 Å². The second-order valence-corrected chi connectivity index (χ2v) is 8.37. The SMILES string of the molecule is O=C(c1coc(CN(Cc2cccc(C(F)(F)F)c2)Cc2ccccc2Cl)n1)N1CCOCC1. The highest BCUT2D eigenvalue weighted by molar-refractivity contribution is 6.31. The van der Waals surface area contributed by atoms with Crippen LogP contribution in [-0.2, 0) is 30.5 Å². The molecule has 1 amide bonds. The fourth-order valence-electron chi connectivity index (χ4n) is 3.74. The number of alkyl halides is 3. The Bertz CT molecular complexity index is 1130. The van der Waals surface area contributed by atoms with Crippen LogP contribution >= 0.6 is 11.6 Å². The topological polar surface area (TPSA) is 58.8 Å². The molecule has 0 unspecified atom stereocenters. The van der Waals surface area contributed by atoms with E-state index in [0.717, 1.165) is 17.7 Å². The van der Waals surface area contributed by atoms with Gasteiger partial charge in [-0.15, -0.1) is 0 Å². The molecule has 0 bridgehead atoms. The van der Waals surface area contributed by atoms with Crippen LogP contribution < -0.4 is 0 Å². The molecule has 180 valence electrons. The maximum absolute atomic E-state index is 13.2. The van der Waals surface area contributed by atoms with Crippen LogP contribution in [0.1, 0.15) is 33.1 Å². The molecule has 0 radical (unpaired) electrons. The third kappa shape index (κ3) is 6.16. The summed E-state index contributed by atoms with van der Waals surface area (Å²) in [5.74, 6) is 0.0458. The molecule has 0 N–H and O–H groups in total. The van der Waals surface area contributed by atoms with Gasteiger partial charge in [0, 0.05) is 31.2 Å². The largest absolute Gasteiger partial charge is 0.447 e. The number of carbonyl (C=O) groups excluding carboxylic acids is 1. The van der Waals surface area contributed by atoms with Crippen LogP contribution in [0.2, 0.25) is 5.02 Å². The number of halogens is 4. The number of oxazole rings is 1. The maximum Gasteiger partial charge on any atom is 0.416 e. The lowest BCUT2D eigenvalue weighted by molar-refractivity contribution is -0.137. The van der Waals surface area contributed by atoms with Gasteiger partial charge in [0.2, 0.25) is 5.89 Å². The summed E-state index contributed by atoms with van der Waals surface area (Å²) in [7, 11) is 0. The number of hydrogen-bond donors (Lipinski definition) is 0. The first-order valence-electron chi connectivity index (χ1n) is 10.7. The molecule has 6 nitrogen and oxygen atoms in total.